The SMILES string of the molecule is C=CC(C)(C)C(=O)N1CCC=C[C@H]1C1CCCCC1. The Kier molecular flexibility index (Phi) is 4.49. The summed E-state index contributed by atoms with van der Waals surface area (Å²) >= 11 is 0. The predicted molar refractivity (Wildman–Crippen MR) is 79.8 cm³/mol. The lowest BCUT2D eigenvalue weighted by Crippen LogP contribution is -2.50. The number of hydrogen-bond acceptors (Lipinski definition) is 1. The van der Waals surface area contributed by atoms with Gasteiger partial charge in [-0.15, -0.1) is 6.58 Å². The van der Waals surface area contributed by atoms with Crippen molar-refractivity contribution < 1.29 is 4.79 Å². The highest BCUT2D eigenvalue weighted by atomic mass is 16.2. The van der Waals surface area contributed by atoms with E-state index >= 15 is 0 Å². The van der Waals surface area contributed by atoms with E-state index in [2.05, 4.69) is 23.6 Å². The van der Waals surface area contributed by atoms with Crippen LogP contribution < -0.4 is 0 Å². The molecule has 0 aromatic carbocycles. The Hall–Kier alpha value is -1.05. The summed E-state index contributed by atoms with van der Waals surface area (Å²) in [5, 5.41) is 0. The van der Waals surface area contributed by atoms with Crippen LogP contribution in [0.15, 0.2) is 24.8 Å². The lowest BCUT2D eigenvalue weighted by Gasteiger charge is -2.42. The van der Waals surface area contributed by atoms with Crippen molar-refractivity contribution in [2.24, 2.45) is 11.3 Å². The van der Waals surface area contributed by atoms with Crippen molar-refractivity contribution in [2.75, 3.05) is 6.54 Å². The molecule has 1 fully saturated rings. The van der Waals surface area contributed by atoms with Crippen LogP contribution in [0.1, 0.15) is 52.4 Å². The topological polar surface area (TPSA) is 20.3 Å². The van der Waals surface area contributed by atoms with Crippen molar-refractivity contribution in [1.29, 1.82) is 0 Å². The minimum atomic E-state index is -0.446. The van der Waals surface area contributed by atoms with Gasteiger partial charge in [-0.05, 0) is 39.0 Å². The zero-order valence-electron chi connectivity index (χ0n) is 12.4. The number of carbonyl (C=O) groups is 1. The van der Waals surface area contributed by atoms with E-state index in [0.29, 0.717) is 12.0 Å². The first kappa shape index (κ1) is 14.4. The molecule has 0 aromatic rings. The van der Waals surface area contributed by atoms with Gasteiger partial charge in [-0.1, -0.05) is 37.5 Å². The van der Waals surface area contributed by atoms with E-state index in [-0.39, 0.29) is 5.91 Å². The molecule has 1 amide bonds. The van der Waals surface area contributed by atoms with Gasteiger partial charge in [0.2, 0.25) is 5.91 Å². The third-order valence-corrected chi connectivity index (χ3v) is 4.69. The van der Waals surface area contributed by atoms with Crippen LogP contribution in [0.3, 0.4) is 0 Å². The van der Waals surface area contributed by atoms with Gasteiger partial charge in [-0.3, -0.25) is 4.79 Å². The fourth-order valence-electron chi connectivity index (χ4n) is 3.28. The maximum absolute atomic E-state index is 12.7. The largest absolute Gasteiger partial charge is 0.335 e. The van der Waals surface area contributed by atoms with Crippen molar-refractivity contribution >= 4 is 5.91 Å². The molecule has 0 bridgehead atoms. The first-order chi connectivity index (χ1) is 9.06. The van der Waals surface area contributed by atoms with Gasteiger partial charge in [0.1, 0.15) is 0 Å². The molecule has 0 unspecified atom stereocenters. The second kappa shape index (κ2) is 5.94. The van der Waals surface area contributed by atoms with Crippen LogP contribution in [0.2, 0.25) is 0 Å². The summed E-state index contributed by atoms with van der Waals surface area (Å²) < 4.78 is 0. The van der Waals surface area contributed by atoms with Crippen LogP contribution in [-0.2, 0) is 4.79 Å². The predicted octanol–water partition coefficient (Wildman–Crippen LogP) is 3.94. The molecule has 1 atom stereocenters. The average molecular weight is 261 g/mol. The van der Waals surface area contributed by atoms with E-state index < -0.39 is 5.41 Å². The molecular formula is C17H27NO. The third kappa shape index (κ3) is 3.10. The molecule has 1 heterocycles. The van der Waals surface area contributed by atoms with E-state index in [0.717, 1.165) is 13.0 Å². The first-order valence-corrected chi connectivity index (χ1v) is 7.67. The summed E-state index contributed by atoms with van der Waals surface area (Å²) in [5.41, 5.74) is -0.446. The van der Waals surface area contributed by atoms with Gasteiger partial charge >= 0.3 is 0 Å². The zero-order chi connectivity index (χ0) is 13.9. The molecule has 0 saturated heterocycles. The second-order valence-corrected chi connectivity index (χ2v) is 6.53. The summed E-state index contributed by atoms with van der Waals surface area (Å²) in [5.74, 6) is 0.900. The van der Waals surface area contributed by atoms with Gasteiger partial charge in [0.05, 0.1) is 11.5 Å². The molecule has 0 N–H and O–H groups in total. The normalized spacial score (nSPS) is 25.4. The van der Waals surface area contributed by atoms with Crippen LogP contribution in [0.25, 0.3) is 0 Å². The maximum Gasteiger partial charge on any atom is 0.232 e. The molecular weight excluding hydrogens is 234 g/mol. The minimum absolute atomic E-state index is 0.238. The molecule has 19 heavy (non-hydrogen) atoms. The average Bonchev–Trinajstić information content (AvgIpc) is 2.47. The van der Waals surface area contributed by atoms with E-state index in [1.54, 1.807) is 6.08 Å². The van der Waals surface area contributed by atoms with Gasteiger partial charge in [-0.25, -0.2) is 0 Å². The molecule has 106 valence electrons. The number of hydrogen-bond donors (Lipinski definition) is 0. The van der Waals surface area contributed by atoms with Crippen molar-refractivity contribution in [1.82, 2.24) is 4.90 Å². The second-order valence-electron chi connectivity index (χ2n) is 6.53. The van der Waals surface area contributed by atoms with E-state index in [4.69, 9.17) is 0 Å². The number of nitrogens with zero attached hydrogens (tertiary/aromatic N) is 1. The smallest absolute Gasteiger partial charge is 0.232 e. The van der Waals surface area contributed by atoms with Crippen molar-refractivity contribution in [2.45, 2.75) is 58.4 Å². The Morgan fingerprint density at radius 2 is 2.00 bits per heavy atom. The number of carbonyl (C=O) groups excluding carboxylic acids is 1. The molecule has 0 spiro atoms. The van der Waals surface area contributed by atoms with E-state index in [1.807, 2.05) is 13.8 Å². The van der Waals surface area contributed by atoms with Gasteiger partial charge in [-0.2, -0.15) is 0 Å². The number of rotatable bonds is 3. The molecule has 2 aliphatic rings. The Balaban J connectivity index is 2.15. The summed E-state index contributed by atoms with van der Waals surface area (Å²) in [6, 6.07) is 0.320. The van der Waals surface area contributed by atoms with E-state index in [9.17, 15) is 4.79 Å². The van der Waals surface area contributed by atoms with Crippen molar-refractivity contribution in [3.05, 3.63) is 24.8 Å². The Bertz CT molecular complexity index is 363. The molecule has 2 heteroatoms. The molecule has 1 saturated carbocycles. The maximum atomic E-state index is 12.7. The molecule has 0 aromatic heterocycles. The highest BCUT2D eigenvalue weighted by Crippen LogP contribution is 2.33. The highest BCUT2D eigenvalue weighted by molar-refractivity contribution is 5.84. The monoisotopic (exact) mass is 261 g/mol. The lowest BCUT2D eigenvalue weighted by molar-refractivity contribution is -0.141. The third-order valence-electron chi connectivity index (χ3n) is 4.69. The summed E-state index contributed by atoms with van der Waals surface area (Å²) in [6.07, 6.45) is 13.8. The number of amides is 1. The van der Waals surface area contributed by atoms with Gasteiger partial charge in [0, 0.05) is 6.54 Å². The van der Waals surface area contributed by atoms with Crippen molar-refractivity contribution in [3.8, 4) is 0 Å². The fourth-order valence-corrected chi connectivity index (χ4v) is 3.28. The van der Waals surface area contributed by atoms with Crippen LogP contribution >= 0.6 is 0 Å². The van der Waals surface area contributed by atoms with Crippen LogP contribution in [0.4, 0.5) is 0 Å². The highest BCUT2D eigenvalue weighted by Gasteiger charge is 2.36. The summed E-state index contributed by atoms with van der Waals surface area (Å²) in [4.78, 5) is 14.8. The minimum Gasteiger partial charge on any atom is -0.335 e. The van der Waals surface area contributed by atoms with Crippen LogP contribution in [-0.4, -0.2) is 23.4 Å². The van der Waals surface area contributed by atoms with Gasteiger partial charge in [0.15, 0.2) is 0 Å². The van der Waals surface area contributed by atoms with E-state index in [1.165, 1.54) is 32.1 Å². The lowest BCUT2D eigenvalue weighted by atomic mass is 9.80. The molecule has 2 rings (SSSR count). The van der Waals surface area contributed by atoms with Gasteiger partial charge < -0.3 is 4.90 Å². The Labute approximate surface area is 117 Å². The first-order valence-electron chi connectivity index (χ1n) is 7.67. The molecule has 2 nitrogen and oxygen atoms in total. The summed E-state index contributed by atoms with van der Waals surface area (Å²) in [7, 11) is 0. The molecule has 1 aliphatic heterocycles. The Morgan fingerprint density at radius 3 is 2.63 bits per heavy atom. The van der Waals surface area contributed by atoms with Gasteiger partial charge in [0.25, 0.3) is 0 Å². The van der Waals surface area contributed by atoms with Crippen molar-refractivity contribution in [3.63, 3.8) is 0 Å². The molecule has 0 radical (unpaired) electrons. The summed E-state index contributed by atoms with van der Waals surface area (Å²) in [6.45, 7) is 8.63. The molecule has 1 aliphatic carbocycles. The zero-order valence-corrected chi connectivity index (χ0v) is 12.4. The van der Waals surface area contributed by atoms with Crippen LogP contribution in [0, 0.1) is 11.3 Å². The fraction of sp³-hybridized carbons (Fsp3) is 0.706. The Morgan fingerprint density at radius 1 is 1.32 bits per heavy atom. The standard InChI is InChI=1S/C17H27NO/c1-4-17(2,3)16(19)18-13-9-8-12-15(18)14-10-6-5-7-11-14/h4,8,12,14-15H,1,5-7,9-11,13H2,2-3H3/t15-/m0/s1. The van der Waals surface area contributed by atoms with Crippen LogP contribution in [0.5, 0.6) is 0 Å². The quantitative estimate of drug-likeness (QED) is 0.705.